The number of anilines is 1. The lowest BCUT2D eigenvalue weighted by Gasteiger charge is -2.03. The van der Waals surface area contributed by atoms with Crippen LogP contribution in [-0.2, 0) is 0 Å². The molecule has 0 spiro atoms. The number of pyridine rings is 1. The third-order valence-electron chi connectivity index (χ3n) is 1.88. The molecule has 0 unspecified atom stereocenters. The first kappa shape index (κ1) is 8.68. The van der Waals surface area contributed by atoms with E-state index in [1.165, 1.54) is 0 Å². The number of aromatic nitrogens is 3. The molecular weight excluding hydrogens is 180 g/mol. The number of nitrogens with two attached hydrogens (primary N) is 1. The predicted octanol–water partition coefficient (Wildman–Crippen LogP) is 0.924. The van der Waals surface area contributed by atoms with Gasteiger partial charge in [-0.25, -0.2) is 9.97 Å². The van der Waals surface area contributed by atoms with Crippen LogP contribution >= 0.6 is 0 Å². The molecule has 2 heterocycles. The number of nitrogen functional groups attached to an aromatic ring is 1. The average molecular weight is 190 g/mol. The third kappa shape index (κ3) is 1.32. The summed E-state index contributed by atoms with van der Waals surface area (Å²) in [5.41, 5.74) is 6.28. The molecule has 2 aromatic rings. The van der Waals surface area contributed by atoms with Crippen LogP contribution in [0, 0.1) is 6.92 Å². The molecule has 0 aliphatic carbocycles. The molecule has 5 heteroatoms. The predicted molar refractivity (Wildman–Crippen MR) is 53.0 cm³/mol. The van der Waals surface area contributed by atoms with Crippen molar-refractivity contribution in [3.05, 3.63) is 18.0 Å². The molecule has 0 bridgehead atoms. The maximum Gasteiger partial charge on any atom is 0.215 e. The Balaban J connectivity index is 2.75. The highest BCUT2D eigenvalue weighted by Crippen LogP contribution is 2.18. The number of fused-ring (bicyclic) bond motifs is 1. The van der Waals surface area contributed by atoms with Crippen molar-refractivity contribution in [2.45, 2.75) is 6.92 Å². The summed E-state index contributed by atoms with van der Waals surface area (Å²) in [4.78, 5) is 12.4. The summed E-state index contributed by atoms with van der Waals surface area (Å²) in [5, 5.41) is 0.747. The van der Waals surface area contributed by atoms with Gasteiger partial charge >= 0.3 is 0 Å². The fraction of sp³-hybridized carbons (Fsp3) is 0.222. The first-order valence-corrected chi connectivity index (χ1v) is 4.15. The van der Waals surface area contributed by atoms with Gasteiger partial charge in [-0.15, -0.1) is 0 Å². The number of nitrogens with zero attached hydrogens (tertiary/aromatic N) is 3. The molecule has 0 amide bonds. The van der Waals surface area contributed by atoms with E-state index in [4.69, 9.17) is 10.5 Å². The number of rotatable bonds is 1. The third-order valence-corrected chi connectivity index (χ3v) is 1.88. The van der Waals surface area contributed by atoms with Crippen LogP contribution in [0.25, 0.3) is 11.0 Å². The lowest BCUT2D eigenvalue weighted by Crippen LogP contribution is -1.99. The van der Waals surface area contributed by atoms with Gasteiger partial charge < -0.3 is 10.5 Å². The maximum absolute atomic E-state index is 5.72. The van der Waals surface area contributed by atoms with Crippen molar-refractivity contribution in [3.8, 4) is 5.88 Å². The Morgan fingerprint density at radius 1 is 1.21 bits per heavy atom. The summed E-state index contributed by atoms with van der Waals surface area (Å²) < 4.78 is 4.99. The fourth-order valence-corrected chi connectivity index (χ4v) is 1.24. The average Bonchev–Trinajstić information content (AvgIpc) is 2.16. The molecule has 2 aromatic heterocycles. The van der Waals surface area contributed by atoms with Gasteiger partial charge in [0.05, 0.1) is 12.5 Å². The van der Waals surface area contributed by atoms with Crippen LogP contribution in [0.4, 0.5) is 5.82 Å². The van der Waals surface area contributed by atoms with Crippen molar-refractivity contribution >= 4 is 16.9 Å². The number of ether oxygens (including phenoxy) is 1. The van der Waals surface area contributed by atoms with Gasteiger partial charge in [0, 0.05) is 6.07 Å². The zero-order valence-corrected chi connectivity index (χ0v) is 7.98. The van der Waals surface area contributed by atoms with Crippen molar-refractivity contribution in [2.24, 2.45) is 0 Å². The molecule has 0 aliphatic heterocycles. The molecule has 2 N–H and O–H groups in total. The SMILES string of the molecule is COc1ccc2c(N)nc(C)nc2n1. The van der Waals surface area contributed by atoms with E-state index >= 15 is 0 Å². The second-order valence-electron chi connectivity index (χ2n) is 2.88. The highest BCUT2D eigenvalue weighted by Gasteiger charge is 2.04. The first-order chi connectivity index (χ1) is 6.70. The summed E-state index contributed by atoms with van der Waals surface area (Å²) >= 11 is 0. The van der Waals surface area contributed by atoms with Gasteiger partial charge in [0.1, 0.15) is 11.6 Å². The van der Waals surface area contributed by atoms with Crippen molar-refractivity contribution < 1.29 is 4.74 Å². The van der Waals surface area contributed by atoms with Gasteiger partial charge in [0.25, 0.3) is 0 Å². The highest BCUT2D eigenvalue weighted by molar-refractivity contribution is 5.85. The van der Waals surface area contributed by atoms with E-state index in [0.717, 1.165) is 5.39 Å². The standard InChI is InChI=1S/C9H10N4O/c1-5-11-8(10)6-3-4-7(14-2)13-9(6)12-5/h3-4H,1-2H3,(H2,10,11,12,13). The van der Waals surface area contributed by atoms with E-state index < -0.39 is 0 Å². The molecule has 14 heavy (non-hydrogen) atoms. The molecule has 0 atom stereocenters. The Morgan fingerprint density at radius 2 is 2.00 bits per heavy atom. The minimum atomic E-state index is 0.447. The lowest BCUT2D eigenvalue weighted by molar-refractivity contribution is 0.399. The van der Waals surface area contributed by atoms with Crippen LogP contribution < -0.4 is 10.5 Å². The Kier molecular flexibility index (Phi) is 1.92. The minimum absolute atomic E-state index is 0.447. The number of hydrogen-bond donors (Lipinski definition) is 1. The zero-order valence-electron chi connectivity index (χ0n) is 7.98. The van der Waals surface area contributed by atoms with E-state index in [-0.39, 0.29) is 0 Å². The van der Waals surface area contributed by atoms with Crippen molar-refractivity contribution in [2.75, 3.05) is 12.8 Å². The molecule has 5 nitrogen and oxygen atoms in total. The fourth-order valence-electron chi connectivity index (χ4n) is 1.24. The van der Waals surface area contributed by atoms with Crippen LogP contribution in [-0.4, -0.2) is 22.1 Å². The van der Waals surface area contributed by atoms with Gasteiger partial charge in [0.15, 0.2) is 5.65 Å². The Bertz CT molecular complexity index is 483. The van der Waals surface area contributed by atoms with Crippen LogP contribution in [0.2, 0.25) is 0 Å². The molecule has 0 saturated heterocycles. The smallest absolute Gasteiger partial charge is 0.215 e. The van der Waals surface area contributed by atoms with Crippen LogP contribution in [0.15, 0.2) is 12.1 Å². The summed E-state index contributed by atoms with van der Waals surface area (Å²) in [6.07, 6.45) is 0. The zero-order chi connectivity index (χ0) is 10.1. The van der Waals surface area contributed by atoms with Crippen molar-refractivity contribution in [3.63, 3.8) is 0 Å². The molecule has 0 saturated carbocycles. The van der Waals surface area contributed by atoms with Gasteiger partial charge in [-0.05, 0) is 13.0 Å². The maximum atomic E-state index is 5.72. The van der Waals surface area contributed by atoms with E-state index in [9.17, 15) is 0 Å². The summed E-state index contributed by atoms with van der Waals surface area (Å²) in [7, 11) is 1.56. The van der Waals surface area contributed by atoms with Crippen molar-refractivity contribution in [1.82, 2.24) is 15.0 Å². The van der Waals surface area contributed by atoms with Crippen molar-refractivity contribution in [1.29, 1.82) is 0 Å². The number of hydrogen-bond acceptors (Lipinski definition) is 5. The normalized spacial score (nSPS) is 10.4. The first-order valence-electron chi connectivity index (χ1n) is 4.15. The van der Waals surface area contributed by atoms with E-state index in [0.29, 0.717) is 23.2 Å². The largest absolute Gasteiger partial charge is 0.481 e. The quantitative estimate of drug-likeness (QED) is 0.723. The molecule has 2 rings (SSSR count). The lowest BCUT2D eigenvalue weighted by atomic mass is 10.3. The molecule has 72 valence electrons. The van der Waals surface area contributed by atoms with Crippen LogP contribution in [0.3, 0.4) is 0 Å². The van der Waals surface area contributed by atoms with E-state index in [2.05, 4.69) is 15.0 Å². The second kappa shape index (κ2) is 3.10. The minimum Gasteiger partial charge on any atom is -0.481 e. The molecule has 0 radical (unpaired) electrons. The Hall–Kier alpha value is -1.91. The van der Waals surface area contributed by atoms with Crippen LogP contribution in [0.5, 0.6) is 5.88 Å². The summed E-state index contributed by atoms with van der Waals surface area (Å²) in [6, 6.07) is 3.54. The monoisotopic (exact) mass is 190 g/mol. The van der Waals surface area contributed by atoms with Gasteiger partial charge in [-0.1, -0.05) is 0 Å². The van der Waals surface area contributed by atoms with Gasteiger partial charge in [-0.3, -0.25) is 0 Å². The molecule has 0 fully saturated rings. The molecule has 0 aliphatic rings. The highest BCUT2D eigenvalue weighted by atomic mass is 16.5. The Morgan fingerprint density at radius 3 is 2.71 bits per heavy atom. The van der Waals surface area contributed by atoms with Crippen LogP contribution in [0.1, 0.15) is 5.82 Å². The second-order valence-corrected chi connectivity index (χ2v) is 2.88. The Labute approximate surface area is 81.0 Å². The number of aryl methyl sites for hydroxylation is 1. The van der Waals surface area contributed by atoms with E-state index in [1.807, 2.05) is 0 Å². The van der Waals surface area contributed by atoms with Gasteiger partial charge in [-0.2, -0.15) is 4.98 Å². The number of methoxy groups -OCH3 is 1. The van der Waals surface area contributed by atoms with Gasteiger partial charge in [0.2, 0.25) is 5.88 Å². The molecule has 0 aromatic carbocycles. The summed E-state index contributed by atoms with van der Waals surface area (Å²) in [5.74, 6) is 1.58. The topological polar surface area (TPSA) is 73.9 Å². The van der Waals surface area contributed by atoms with E-state index in [1.54, 1.807) is 26.2 Å². The molecular formula is C9H10N4O. The summed E-state index contributed by atoms with van der Waals surface area (Å²) in [6.45, 7) is 1.77.